The molecule has 0 saturated carbocycles. The van der Waals surface area contributed by atoms with Gasteiger partial charge in [-0.15, -0.1) is 0 Å². The van der Waals surface area contributed by atoms with Crippen LogP contribution >= 0.6 is 0 Å². The van der Waals surface area contributed by atoms with Crippen LogP contribution in [0.2, 0.25) is 0 Å². The minimum atomic E-state index is -0.226. The maximum Gasteiger partial charge on any atom is 0.322 e. The number of hydrogen-bond acceptors (Lipinski definition) is 4. The van der Waals surface area contributed by atoms with Gasteiger partial charge >= 0.3 is 6.03 Å². The van der Waals surface area contributed by atoms with E-state index in [1.54, 1.807) is 39.5 Å². The highest BCUT2D eigenvalue weighted by molar-refractivity contribution is 5.90. The van der Waals surface area contributed by atoms with E-state index in [-0.39, 0.29) is 12.1 Å². The van der Waals surface area contributed by atoms with Gasteiger partial charge in [-0.2, -0.15) is 0 Å². The lowest BCUT2D eigenvalue weighted by molar-refractivity contribution is 0.181. The largest absolute Gasteiger partial charge is 0.497 e. The van der Waals surface area contributed by atoms with Crippen molar-refractivity contribution in [3.63, 3.8) is 0 Å². The topological polar surface area (TPSA) is 65.0 Å². The Bertz CT molecular complexity index is 1020. The van der Waals surface area contributed by atoms with Gasteiger partial charge in [0, 0.05) is 48.9 Å². The van der Waals surface area contributed by atoms with Crippen LogP contribution in [0.5, 0.6) is 17.2 Å². The van der Waals surface area contributed by atoms with Crippen molar-refractivity contribution in [3.05, 3.63) is 72.1 Å². The molecule has 1 aromatic heterocycles. The summed E-state index contributed by atoms with van der Waals surface area (Å²) in [6, 6.07) is 16.8. The van der Waals surface area contributed by atoms with E-state index in [0.29, 0.717) is 23.7 Å². The molecule has 0 radical (unpaired) electrons. The number of nitrogens with one attached hydrogen (secondary N) is 1. The van der Waals surface area contributed by atoms with E-state index in [4.69, 9.17) is 14.2 Å². The molecule has 2 heterocycles. The van der Waals surface area contributed by atoms with Crippen LogP contribution in [0.15, 0.2) is 60.8 Å². The molecule has 0 saturated heterocycles. The average Bonchev–Trinajstić information content (AvgIpc) is 3.26. The highest BCUT2D eigenvalue weighted by atomic mass is 16.5. The Labute approximate surface area is 175 Å². The van der Waals surface area contributed by atoms with E-state index in [0.717, 1.165) is 23.6 Å². The van der Waals surface area contributed by atoms with E-state index in [1.807, 2.05) is 41.4 Å². The van der Waals surface area contributed by atoms with Crippen LogP contribution in [-0.4, -0.2) is 43.4 Å². The molecular formula is C23H25N3O4. The van der Waals surface area contributed by atoms with Crippen molar-refractivity contribution in [2.75, 3.05) is 33.2 Å². The minimum absolute atomic E-state index is 0.189. The Morgan fingerprint density at radius 2 is 1.63 bits per heavy atom. The molecule has 3 aromatic rings. The molecular weight excluding hydrogens is 382 g/mol. The summed E-state index contributed by atoms with van der Waals surface area (Å²) in [6.07, 6.45) is 2.05. The molecule has 1 unspecified atom stereocenters. The van der Waals surface area contributed by atoms with Gasteiger partial charge in [0.05, 0.1) is 27.4 Å². The van der Waals surface area contributed by atoms with Crippen molar-refractivity contribution in [2.24, 2.45) is 0 Å². The lowest BCUT2D eigenvalue weighted by atomic mass is 10.00. The van der Waals surface area contributed by atoms with E-state index in [2.05, 4.69) is 16.0 Å². The van der Waals surface area contributed by atoms with E-state index < -0.39 is 0 Å². The van der Waals surface area contributed by atoms with Crippen LogP contribution < -0.4 is 19.5 Å². The molecule has 156 valence electrons. The number of carbonyl (C=O) groups is 1. The van der Waals surface area contributed by atoms with Crippen LogP contribution in [0.25, 0.3) is 0 Å². The Balaban J connectivity index is 1.67. The van der Waals surface area contributed by atoms with Gasteiger partial charge < -0.3 is 29.0 Å². The molecule has 2 aromatic carbocycles. The maximum atomic E-state index is 13.3. The van der Waals surface area contributed by atoms with Crippen molar-refractivity contribution in [2.45, 2.75) is 12.6 Å². The van der Waals surface area contributed by atoms with Gasteiger partial charge in [0.2, 0.25) is 0 Å². The fourth-order valence-electron chi connectivity index (χ4n) is 3.84. The number of urea groups is 1. The molecule has 0 spiro atoms. The summed E-state index contributed by atoms with van der Waals surface area (Å²) in [5.41, 5.74) is 2.67. The molecule has 2 amide bonds. The molecule has 7 nitrogen and oxygen atoms in total. The first-order valence-corrected chi connectivity index (χ1v) is 9.72. The van der Waals surface area contributed by atoms with Gasteiger partial charge in [0.15, 0.2) is 0 Å². The smallest absolute Gasteiger partial charge is 0.322 e. The molecule has 1 N–H and O–H groups in total. The summed E-state index contributed by atoms with van der Waals surface area (Å²) >= 11 is 0. The van der Waals surface area contributed by atoms with Crippen LogP contribution in [0, 0.1) is 0 Å². The predicted octanol–water partition coefficient (Wildman–Crippen LogP) is 4.15. The third kappa shape index (κ3) is 3.78. The van der Waals surface area contributed by atoms with Crippen molar-refractivity contribution >= 4 is 11.7 Å². The maximum absolute atomic E-state index is 13.3. The number of fused-ring (bicyclic) bond motifs is 1. The van der Waals surface area contributed by atoms with Crippen molar-refractivity contribution < 1.29 is 19.0 Å². The summed E-state index contributed by atoms with van der Waals surface area (Å²) in [5.74, 6) is 1.98. The number of nitrogens with zero attached hydrogens (tertiary/aromatic N) is 2. The quantitative estimate of drug-likeness (QED) is 0.690. The second-order valence-corrected chi connectivity index (χ2v) is 7.03. The highest BCUT2D eigenvalue weighted by Crippen LogP contribution is 2.35. The standard InChI is InChI=1S/C23H25N3O4/c1-28-18-7-4-6-16(12-18)22-21-8-5-9-25(21)10-11-26(22)23(27)24-17-13-19(29-2)15-20(14-17)30-3/h4-9,12-15,22H,10-11H2,1-3H3,(H,24,27). The number of rotatable bonds is 5. The molecule has 30 heavy (non-hydrogen) atoms. The summed E-state index contributed by atoms with van der Waals surface area (Å²) in [5, 5.41) is 3.00. The van der Waals surface area contributed by atoms with Gasteiger partial charge in [-0.1, -0.05) is 12.1 Å². The normalized spacial score (nSPS) is 15.3. The van der Waals surface area contributed by atoms with E-state index in [9.17, 15) is 4.79 Å². The Hall–Kier alpha value is -3.61. The Kier molecular flexibility index (Phi) is 5.52. The zero-order valence-corrected chi connectivity index (χ0v) is 17.3. The molecule has 7 heteroatoms. The first-order chi connectivity index (χ1) is 14.6. The first-order valence-electron chi connectivity index (χ1n) is 9.72. The van der Waals surface area contributed by atoms with E-state index >= 15 is 0 Å². The van der Waals surface area contributed by atoms with Crippen molar-refractivity contribution in [1.29, 1.82) is 0 Å². The highest BCUT2D eigenvalue weighted by Gasteiger charge is 2.32. The molecule has 1 aliphatic rings. The zero-order valence-electron chi connectivity index (χ0n) is 17.3. The number of aromatic nitrogens is 1. The molecule has 0 bridgehead atoms. The Morgan fingerprint density at radius 1 is 0.900 bits per heavy atom. The number of amides is 2. The third-order valence-electron chi connectivity index (χ3n) is 5.31. The fourth-order valence-corrected chi connectivity index (χ4v) is 3.84. The monoisotopic (exact) mass is 407 g/mol. The van der Waals surface area contributed by atoms with Gasteiger partial charge in [0.25, 0.3) is 0 Å². The predicted molar refractivity (Wildman–Crippen MR) is 115 cm³/mol. The van der Waals surface area contributed by atoms with Gasteiger partial charge in [-0.05, 0) is 29.8 Å². The average molecular weight is 407 g/mol. The van der Waals surface area contributed by atoms with Crippen molar-refractivity contribution in [3.8, 4) is 17.2 Å². The minimum Gasteiger partial charge on any atom is -0.497 e. The zero-order chi connectivity index (χ0) is 21.1. The molecule has 4 rings (SSSR count). The first kappa shape index (κ1) is 19.7. The Morgan fingerprint density at radius 3 is 2.33 bits per heavy atom. The molecule has 1 aliphatic heterocycles. The lowest BCUT2D eigenvalue weighted by Gasteiger charge is -2.37. The van der Waals surface area contributed by atoms with Gasteiger partial charge in [-0.3, -0.25) is 0 Å². The SMILES string of the molecule is COc1cc(NC(=O)N2CCn3cccc3C2c2cccc(OC)c2)cc(OC)c1. The second-order valence-electron chi connectivity index (χ2n) is 7.03. The lowest BCUT2D eigenvalue weighted by Crippen LogP contribution is -2.44. The number of benzene rings is 2. The molecule has 0 fully saturated rings. The van der Waals surface area contributed by atoms with Crippen LogP contribution in [0.3, 0.4) is 0 Å². The van der Waals surface area contributed by atoms with Crippen LogP contribution in [0.1, 0.15) is 17.3 Å². The summed E-state index contributed by atoms with van der Waals surface area (Å²) in [6.45, 7) is 1.31. The number of hydrogen-bond donors (Lipinski definition) is 1. The van der Waals surface area contributed by atoms with Gasteiger partial charge in [-0.25, -0.2) is 4.79 Å². The van der Waals surface area contributed by atoms with E-state index in [1.165, 1.54) is 0 Å². The molecule has 0 aliphatic carbocycles. The summed E-state index contributed by atoms with van der Waals surface area (Å²) in [7, 11) is 4.80. The van der Waals surface area contributed by atoms with Crippen LogP contribution in [0.4, 0.5) is 10.5 Å². The number of carbonyl (C=O) groups excluding carboxylic acids is 1. The molecule has 1 atom stereocenters. The fraction of sp³-hybridized carbons (Fsp3) is 0.261. The number of anilines is 1. The third-order valence-corrected chi connectivity index (χ3v) is 5.31. The number of ether oxygens (including phenoxy) is 3. The number of methoxy groups -OCH3 is 3. The summed E-state index contributed by atoms with van der Waals surface area (Å²) in [4.78, 5) is 15.2. The van der Waals surface area contributed by atoms with Crippen LogP contribution in [-0.2, 0) is 6.54 Å². The second kappa shape index (κ2) is 8.41. The van der Waals surface area contributed by atoms with Gasteiger partial charge in [0.1, 0.15) is 17.2 Å². The van der Waals surface area contributed by atoms with Crippen molar-refractivity contribution in [1.82, 2.24) is 9.47 Å². The summed E-state index contributed by atoms with van der Waals surface area (Å²) < 4.78 is 18.2.